The van der Waals surface area contributed by atoms with Crippen molar-refractivity contribution in [3.63, 3.8) is 0 Å². The van der Waals surface area contributed by atoms with E-state index in [1.807, 2.05) is 63.2 Å². The summed E-state index contributed by atoms with van der Waals surface area (Å²) in [6.07, 6.45) is -0.273. The van der Waals surface area contributed by atoms with E-state index in [1.54, 1.807) is 29.2 Å². The van der Waals surface area contributed by atoms with Gasteiger partial charge in [-0.2, -0.15) is 0 Å². The standard InChI is InChI=1S/C30H31ClN4O4/c1-30(2,3)39-29(37)35-16-14-34(15-17-35)19-21-9-7-13-25-26(21)38-28(33-25)23-11-4-5-12-24(23)32-27(36)20-8-6-10-22(31)18-20/h4-13,18H,14-17,19H2,1-3H3,(H,32,36). The summed E-state index contributed by atoms with van der Waals surface area (Å²) < 4.78 is 11.8. The number of anilines is 1. The van der Waals surface area contributed by atoms with Gasteiger partial charge in [0.1, 0.15) is 11.1 Å². The van der Waals surface area contributed by atoms with Gasteiger partial charge in [-0.3, -0.25) is 9.69 Å². The van der Waals surface area contributed by atoms with E-state index in [4.69, 9.17) is 25.7 Å². The highest BCUT2D eigenvalue weighted by Crippen LogP contribution is 2.32. The Morgan fingerprint density at radius 3 is 2.49 bits per heavy atom. The van der Waals surface area contributed by atoms with Crippen LogP contribution < -0.4 is 5.32 Å². The first-order valence-corrected chi connectivity index (χ1v) is 13.3. The Bertz CT molecular complexity index is 1500. The highest BCUT2D eigenvalue weighted by Gasteiger charge is 2.26. The number of ether oxygens (including phenoxy) is 1. The first-order valence-electron chi connectivity index (χ1n) is 12.9. The van der Waals surface area contributed by atoms with Crippen molar-refractivity contribution in [1.29, 1.82) is 0 Å². The molecule has 0 spiro atoms. The summed E-state index contributed by atoms with van der Waals surface area (Å²) >= 11 is 6.06. The van der Waals surface area contributed by atoms with Crippen molar-refractivity contribution < 1.29 is 18.7 Å². The number of carbonyl (C=O) groups is 2. The molecule has 1 aliphatic heterocycles. The molecule has 0 unspecified atom stereocenters. The minimum Gasteiger partial charge on any atom is -0.444 e. The van der Waals surface area contributed by atoms with Crippen LogP contribution in [0.4, 0.5) is 10.5 Å². The van der Waals surface area contributed by atoms with Crippen LogP contribution in [0.5, 0.6) is 0 Å². The number of para-hydroxylation sites is 2. The van der Waals surface area contributed by atoms with Gasteiger partial charge in [-0.05, 0) is 57.2 Å². The maximum Gasteiger partial charge on any atom is 0.410 e. The number of aromatic nitrogens is 1. The van der Waals surface area contributed by atoms with Crippen molar-refractivity contribution in [3.8, 4) is 11.5 Å². The molecule has 2 amide bonds. The molecular formula is C30H31ClN4O4. The number of hydrogen-bond acceptors (Lipinski definition) is 6. The Hall–Kier alpha value is -3.88. The van der Waals surface area contributed by atoms with Gasteiger partial charge in [0.15, 0.2) is 5.58 Å². The lowest BCUT2D eigenvalue weighted by molar-refractivity contribution is 0.0139. The van der Waals surface area contributed by atoms with E-state index in [0.29, 0.717) is 52.9 Å². The van der Waals surface area contributed by atoms with Gasteiger partial charge >= 0.3 is 6.09 Å². The largest absolute Gasteiger partial charge is 0.444 e. The number of amides is 2. The van der Waals surface area contributed by atoms with Crippen molar-refractivity contribution in [1.82, 2.24) is 14.8 Å². The van der Waals surface area contributed by atoms with E-state index in [-0.39, 0.29) is 12.0 Å². The zero-order valence-electron chi connectivity index (χ0n) is 22.2. The molecule has 3 aromatic carbocycles. The number of nitrogens with one attached hydrogen (secondary N) is 1. The zero-order chi connectivity index (χ0) is 27.6. The van der Waals surface area contributed by atoms with Gasteiger partial charge in [0.2, 0.25) is 5.89 Å². The second-order valence-corrected chi connectivity index (χ2v) is 11.0. The van der Waals surface area contributed by atoms with Crippen molar-refractivity contribution in [2.24, 2.45) is 0 Å². The summed E-state index contributed by atoms with van der Waals surface area (Å²) in [6.45, 7) is 8.96. The van der Waals surface area contributed by atoms with Gasteiger partial charge in [-0.1, -0.05) is 41.9 Å². The van der Waals surface area contributed by atoms with Crippen LogP contribution >= 0.6 is 11.6 Å². The topological polar surface area (TPSA) is 87.9 Å². The van der Waals surface area contributed by atoms with Gasteiger partial charge in [0.25, 0.3) is 5.91 Å². The highest BCUT2D eigenvalue weighted by atomic mass is 35.5. The summed E-state index contributed by atoms with van der Waals surface area (Å²) in [7, 11) is 0. The SMILES string of the molecule is CC(C)(C)OC(=O)N1CCN(Cc2cccc3nc(-c4ccccc4NC(=O)c4cccc(Cl)c4)oc23)CC1. The van der Waals surface area contributed by atoms with Gasteiger partial charge in [0.05, 0.1) is 11.3 Å². The Kier molecular flexibility index (Phi) is 7.59. The molecule has 202 valence electrons. The van der Waals surface area contributed by atoms with E-state index in [1.165, 1.54) is 0 Å². The second kappa shape index (κ2) is 11.1. The van der Waals surface area contributed by atoms with Gasteiger partial charge in [-0.15, -0.1) is 0 Å². The smallest absolute Gasteiger partial charge is 0.410 e. The average molecular weight is 547 g/mol. The lowest BCUT2D eigenvalue weighted by Gasteiger charge is -2.35. The fourth-order valence-corrected chi connectivity index (χ4v) is 4.69. The maximum atomic E-state index is 12.9. The fourth-order valence-electron chi connectivity index (χ4n) is 4.50. The Balaban J connectivity index is 1.32. The number of nitrogens with zero attached hydrogens (tertiary/aromatic N) is 3. The van der Waals surface area contributed by atoms with Gasteiger partial charge in [0, 0.05) is 48.9 Å². The molecule has 0 atom stereocenters. The number of rotatable bonds is 5. The molecule has 1 aromatic heterocycles. The molecule has 0 aliphatic carbocycles. The molecule has 1 fully saturated rings. The predicted molar refractivity (Wildman–Crippen MR) is 152 cm³/mol. The number of carbonyl (C=O) groups excluding carboxylic acids is 2. The summed E-state index contributed by atoms with van der Waals surface area (Å²) in [5.41, 5.74) is 3.69. The van der Waals surface area contributed by atoms with E-state index in [2.05, 4.69) is 10.2 Å². The molecule has 9 heteroatoms. The number of hydrogen-bond donors (Lipinski definition) is 1. The first kappa shape index (κ1) is 26.7. The third-order valence-corrected chi connectivity index (χ3v) is 6.64. The minimum atomic E-state index is -0.509. The Morgan fingerprint density at radius 2 is 1.74 bits per heavy atom. The van der Waals surface area contributed by atoms with Crippen LogP contribution in [-0.2, 0) is 11.3 Å². The van der Waals surface area contributed by atoms with Gasteiger partial charge in [-0.25, -0.2) is 9.78 Å². The van der Waals surface area contributed by atoms with E-state index < -0.39 is 5.60 Å². The quantitative estimate of drug-likeness (QED) is 0.309. The number of halogens is 1. The van der Waals surface area contributed by atoms with Crippen LogP contribution in [0.2, 0.25) is 5.02 Å². The summed E-state index contributed by atoms with van der Waals surface area (Å²) in [5, 5.41) is 3.45. The molecule has 4 aromatic rings. The second-order valence-electron chi connectivity index (χ2n) is 10.5. The number of fused-ring (bicyclic) bond motifs is 1. The van der Waals surface area contributed by atoms with Crippen LogP contribution in [-0.4, -0.2) is 58.6 Å². The fraction of sp³-hybridized carbons (Fsp3) is 0.300. The van der Waals surface area contributed by atoms with Crippen molar-refractivity contribution >= 4 is 40.4 Å². The van der Waals surface area contributed by atoms with Crippen LogP contribution in [0.1, 0.15) is 36.7 Å². The molecule has 0 radical (unpaired) electrons. The minimum absolute atomic E-state index is 0.271. The molecule has 0 saturated carbocycles. The Morgan fingerprint density at radius 1 is 1.00 bits per heavy atom. The molecule has 5 rings (SSSR count). The summed E-state index contributed by atoms with van der Waals surface area (Å²) in [4.78, 5) is 34.1. The third kappa shape index (κ3) is 6.41. The maximum absolute atomic E-state index is 12.9. The van der Waals surface area contributed by atoms with Crippen LogP contribution in [0.25, 0.3) is 22.6 Å². The van der Waals surface area contributed by atoms with Crippen LogP contribution in [0.3, 0.4) is 0 Å². The molecule has 1 N–H and O–H groups in total. The molecule has 8 nitrogen and oxygen atoms in total. The third-order valence-electron chi connectivity index (χ3n) is 6.41. The summed E-state index contributed by atoms with van der Waals surface area (Å²) in [6, 6.07) is 20.1. The summed E-state index contributed by atoms with van der Waals surface area (Å²) in [5.74, 6) is 0.154. The number of benzene rings is 3. The van der Waals surface area contributed by atoms with E-state index in [9.17, 15) is 9.59 Å². The Labute approximate surface area is 232 Å². The first-order chi connectivity index (χ1) is 18.7. The van der Waals surface area contributed by atoms with Crippen LogP contribution in [0.15, 0.2) is 71.1 Å². The average Bonchev–Trinajstić information content (AvgIpc) is 3.34. The molecule has 0 bridgehead atoms. The normalized spacial score (nSPS) is 14.4. The lowest BCUT2D eigenvalue weighted by Crippen LogP contribution is -2.49. The molecular weight excluding hydrogens is 516 g/mol. The van der Waals surface area contributed by atoms with E-state index >= 15 is 0 Å². The van der Waals surface area contributed by atoms with Crippen molar-refractivity contribution in [2.45, 2.75) is 32.9 Å². The van der Waals surface area contributed by atoms with E-state index in [0.717, 1.165) is 24.2 Å². The predicted octanol–water partition coefficient (Wildman–Crippen LogP) is 6.45. The molecule has 2 heterocycles. The number of oxazole rings is 1. The van der Waals surface area contributed by atoms with Crippen LogP contribution in [0, 0.1) is 0 Å². The monoisotopic (exact) mass is 546 g/mol. The van der Waals surface area contributed by atoms with Gasteiger partial charge < -0.3 is 19.4 Å². The van der Waals surface area contributed by atoms with Crippen molar-refractivity contribution in [2.75, 3.05) is 31.5 Å². The lowest BCUT2D eigenvalue weighted by atomic mass is 10.1. The highest BCUT2D eigenvalue weighted by molar-refractivity contribution is 6.31. The van der Waals surface area contributed by atoms with Crippen molar-refractivity contribution in [3.05, 3.63) is 82.9 Å². The molecule has 39 heavy (non-hydrogen) atoms. The molecule has 1 aliphatic rings. The molecule has 1 saturated heterocycles. The number of piperazine rings is 1. The zero-order valence-corrected chi connectivity index (χ0v) is 23.0.